The Balaban J connectivity index is 1.81. The van der Waals surface area contributed by atoms with Crippen LogP contribution in [0.25, 0.3) is 11.6 Å². The van der Waals surface area contributed by atoms with Crippen LogP contribution in [0.15, 0.2) is 16.9 Å². The second-order valence-corrected chi connectivity index (χ2v) is 4.77. The first kappa shape index (κ1) is 10.5. The summed E-state index contributed by atoms with van der Waals surface area (Å²) in [5.41, 5.74) is 6.01. The molecular formula is C11H15N5O. The van der Waals surface area contributed by atoms with E-state index >= 15 is 0 Å². The van der Waals surface area contributed by atoms with Gasteiger partial charge in [-0.15, -0.1) is 0 Å². The van der Waals surface area contributed by atoms with Crippen molar-refractivity contribution in [1.82, 2.24) is 19.7 Å². The maximum atomic E-state index is 6.14. The summed E-state index contributed by atoms with van der Waals surface area (Å²) in [6.07, 6.45) is 7.48. The Hall–Kier alpha value is -1.69. The first-order valence-corrected chi connectivity index (χ1v) is 5.75. The molecule has 1 fully saturated rings. The number of nitrogens with zero attached hydrogens (tertiary/aromatic N) is 4. The molecule has 0 radical (unpaired) electrons. The van der Waals surface area contributed by atoms with Gasteiger partial charge in [0.1, 0.15) is 0 Å². The third-order valence-electron chi connectivity index (χ3n) is 3.34. The Morgan fingerprint density at radius 2 is 2.35 bits per heavy atom. The Morgan fingerprint density at radius 3 is 2.94 bits per heavy atom. The van der Waals surface area contributed by atoms with Crippen molar-refractivity contribution in [1.29, 1.82) is 0 Å². The summed E-state index contributed by atoms with van der Waals surface area (Å²) in [5.74, 6) is 1.83. The van der Waals surface area contributed by atoms with E-state index in [9.17, 15) is 0 Å². The second-order valence-electron chi connectivity index (χ2n) is 4.77. The molecule has 1 aliphatic rings. The van der Waals surface area contributed by atoms with Gasteiger partial charge in [0, 0.05) is 31.4 Å². The molecule has 2 aromatic rings. The number of aryl methyl sites for hydroxylation is 1. The van der Waals surface area contributed by atoms with Gasteiger partial charge in [-0.2, -0.15) is 4.98 Å². The van der Waals surface area contributed by atoms with E-state index in [1.54, 1.807) is 6.20 Å². The number of aromatic nitrogens is 4. The molecule has 6 heteroatoms. The van der Waals surface area contributed by atoms with Crippen LogP contribution < -0.4 is 5.73 Å². The molecule has 0 amide bonds. The Kier molecular flexibility index (Phi) is 2.25. The SMILES string of the molecule is Cn1ccnc1-c1noc(CC2(N)CCC2)n1. The third kappa shape index (κ3) is 1.84. The molecule has 2 heterocycles. The van der Waals surface area contributed by atoms with Crippen LogP contribution >= 0.6 is 0 Å². The van der Waals surface area contributed by atoms with E-state index < -0.39 is 0 Å². The molecule has 0 aromatic carbocycles. The molecule has 0 saturated heterocycles. The zero-order valence-electron chi connectivity index (χ0n) is 9.76. The minimum absolute atomic E-state index is 0.133. The van der Waals surface area contributed by atoms with E-state index in [1.165, 1.54) is 6.42 Å². The fourth-order valence-corrected chi connectivity index (χ4v) is 2.11. The fourth-order valence-electron chi connectivity index (χ4n) is 2.11. The first-order chi connectivity index (χ1) is 8.16. The van der Waals surface area contributed by atoms with Gasteiger partial charge < -0.3 is 14.8 Å². The van der Waals surface area contributed by atoms with Crippen LogP contribution in [0.3, 0.4) is 0 Å². The average molecular weight is 233 g/mol. The molecule has 6 nitrogen and oxygen atoms in total. The van der Waals surface area contributed by atoms with E-state index in [0.717, 1.165) is 12.8 Å². The zero-order chi connectivity index (χ0) is 11.9. The predicted octanol–water partition coefficient (Wildman–Crippen LogP) is 0.894. The van der Waals surface area contributed by atoms with Crippen LogP contribution in [-0.4, -0.2) is 25.2 Å². The van der Waals surface area contributed by atoms with Gasteiger partial charge in [0.2, 0.25) is 11.7 Å². The Morgan fingerprint density at radius 1 is 1.53 bits per heavy atom. The summed E-state index contributed by atoms with van der Waals surface area (Å²) < 4.78 is 7.08. The lowest BCUT2D eigenvalue weighted by molar-refractivity contribution is 0.222. The lowest BCUT2D eigenvalue weighted by atomic mass is 9.75. The van der Waals surface area contributed by atoms with Gasteiger partial charge in [0.25, 0.3) is 0 Å². The van der Waals surface area contributed by atoms with Crippen molar-refractivity contribution in [3.63, 3.8) is 0 Å². The summed E-state index contributed by atoms with van der Waals surface area (Å²) in [5, 5.41) is 3.94. The molecule has 17 heavy (non-hydrogen) atoms. The highest BCUT2D eigenvalue weighted by atomic mass is 16.5. The molecule has 0 bridgehead atoms. The van der Waals surface area contributed by atoms with Crippen LogP contribution in [0, 0.1) is 0 Å². The van der Waals surface area contributed by atoms with Gasteiger partial charge in [0.05, 0.1) is 0 Å². The zero-order valence-corrected chi connectivity index (χ0v) is 9.76. The molecule has 0 aliphatic heterocycles. The quantitative estimate of drug-likeness (QED) is 0.851. The molecule has 3 rings (SSSR count). The monoisotopic (exact) mass is 233 g/mol. The first-order valence-electron chi connectivity index (χ1n) is 5.75. The molecule has 0 atom stereocenters. The van der Waals surface area contributed by atoms with Crippen LogP contribution in [0.5, 0.6) is 0 Å². The molecule has 2 aromatic heterocycles. The summed E-state index contributed by atoms with van der Waals surface area (Å²) in [6, 6.07) is 0. The van der Waals surface area contributed by atoms with Crippen LogP contribution in [0.1, 0.15) is 25.2 Å². The van der Waals surface area contributed by atoms with Gasteiger partial charge in [-0.1, -0.05) is 5.16 Å². The minimum atomic E-state index is -0.133. The molecule has 1 aliphatic carbocycles. The van der Waals surface area contributed by atoms with Crippen molar-refractivity contribution in [3.8, 4) is 11.6 Å². The number of rotatable bonds is 3. The molecule has 0 unspecified atom stereocenters. The standard InChI is InChI=1S/C11H15N5O/c1-16-6-5-13-10(16)9-14-8(17-15-9)7-11(12)3-2-4-11/h5-6H,2-4,7,12H2,1H3. The van der Waals surface area contributed by atoms with E-state index in [2.05, 4.69) is 15.1 Å². The number of hydrogen-bond acceptors (Lipinski definition) is 5. The van der Waals surface area contributed by atoms with Crippen molar-refractivity contribution in [2.24, 2.45) is 12.8 Å². The second kappa shape index (κ2) is 3.66. The Labute approximate surface area is 98.8 Å². The highest BCUT2D eigenvalue weighted by Crippen LogP contribution is 2.32. The van der Waals surface area contributed by atoms with Gasteiger partial charge >= 0.3 is 0 Å². The average Bonchev–Trinajstić information content (AvgIpc) is 2.84. The maximum absolute atomic E-state index is 6.14. The van der Waals surface area contributed by atoms with Gasteiger partial charge in [0.15, 0.2) is 5.82 Å². The summed E-state index contributed by atoms with van der Waals surface area (Å²) in [7, 11) is 1.90. The van der Waals surface area contributed by atoms with Crippen LogP contribution in [0.4, 0.5) is 0 Å². The topological polar surface area (TPSA) is 82.8 Å². The highest BCUT2D eigenvalue weighted by Gasteiger charge is 2.34. The fraction of sp³-hybridized carbons (Fsp3) is 0.545. The third-order valence-corrected chi connectivity index (χ3v) is 3.34. The molecule has 1 saturated carbocycles. The van der Waals surface area contributed by atoms with Crippen molar-refractivity contribution < 1.29 is 4.52 Å². The predicted molar refractivity (Wildman–Crippen MR) is 61.0 cm³/mol. The molecule has 0 spiro atoms. The van der Waals surface area contributed by atoms with Gasteiger partial charge in [-0.3, -0.25) is 0 Å². The number of nitrogens with two attached hydrogens (primary N) is 1. The van der Waals surface area contributed by atoms with Crippen molar-refractivity contribution in [2.75, 3.05) is 0 Å². The van der Waals surface area contributed by atoms with E-state index in [4.69, 9.17) is 10.3 Å². The normalized spacial score (nSPS) is 18.0. The smallest absolute Gasteiger partial charge is 0.238 e. The number of hydrogen-bond donors (Lipinski definition) is 1. The maximum Gasteiger partial charge on any atom is 0.238 e. The molecule has 90 valence electrons. The van der Waals surface area contributed by atoms with E-state index in [-0.39, 0.29) is 5.54 Å². The molecular weight excluding hydrogens is 218 g/mol. The summed E-state index contributed by atoms with van der Waals surface area (Å²) >= 11 is 0. The summed E-state index contributed by atoms with van der Waals surface area (Å²) in [4.78, 5) is 8.52. The number of imidazole rings is 1. The highest BCUT2D eigenvalue weighted by molar-refractivity contribution is 5.42. The minimum Gasteiger partial charge on any atom is -0.339 e. The molecule has 2 N–H and O–H groups in total. The van der Waals surface area contributed by atoms with Gasteiger partial charge in [-0.25, -0.2) is 4.98 Å². The van der Waals surface area contributed by atoms with Crippen molar-refractivity contribution in [2.45, 2.75) is 31.2 Å². The van der Waals surface area contributed by atoms with E-state index in [0.29, 0.717) is 24.0 Å². The van der Waals surface area contributed by atoms with Crippen LogP contribution in [0.2, 0.25) is 0 Å². The lowest BCUT2D eigenvalue weighted by Crippen LogP contribution is -2.48. The van der Waals surface area contributed by atoms with E-state index in [1.807, 2.05) is 17.8 Å². The van der Waals surface area contributed by atoms with Gasteiger partial charge in [-0.05, 0) is 19.3 Å². The Bertz CT molecular complexity index is 525. The lowest BCUT2D eigenvalue weighted by Gasteiger charge is -2.36. The summed E-state index contributed by atoms with van der Waals surface area (Å²) in [6.45, 7) is 0. The largest absolute Gasteiger partial charge is 0.339 e. The van der Waals surface area contributed by atoms with Crippen LogP contribution in [-0.2, 0) is 13.5 Å². The van der Waals surface area contributed by atoms with Crippen molar-refractivity contribution >= 4 is 0 Å². The van der Waals surface area contributed by atoms with Crippen molar-refractivity contribution in [3.05, 3.63) is 18.3 Å².